The van der Waals surface area contributed by atoms with Crippen molar-refractivity contribution in [1.82, 2.24) is 9.88 Å². The summed E-state index contributed by atoms with van der Waals surface area (Å²) < 4.78 is 1.46. The van der Waals surface area contributed by atoms with Crippen LogP contribution >= 0.6 is 0 Å². The Morgan fingerprint density at radius 3 is 2.42 bits per heavy atom. The summed E-state index contributed by atoms with van der Waals surface area (Å²) in [7, 11) is 0. The van der Waals surface area contributed by atoms with Crippen molar-refractivity contribution in [3.8, 4) is 5.69 Å². The zero-order valence-electron chi connectivity index (χ0n) is 18.2. The Morgan fingerprint density at radius 2 is 1.71 bits per heavy atom. The number of para-hydroxylation sites is 1. The summed E-state index contributed by atoms with van der Waals surface area (Å²) in [6.07, 6.45) is 1.67. The highest BCUT2D eigenvalue weighted by molar-refractivity contribution is 6.00. The maximum absolute atomic E-state index is 13.1. The molecule has 0 radical (unpaired) electrons. The van der Waals surface area contributed by atoms with Gasteiger partial charge in [0.2, 0.25) is 5.91 Å². The third-order valence-corrected chi connectivity index (χ3v) is 5.17. The van der Waals surface area contributed by atoms with E-state index in [1.807, 2.05) is 49.4 Å². The Balaban J connectivity index is 1.79. The standard InChI is InChI=1S/C25H27N3O3/c1-16(2)19-9-7-10-20(14-19)28-13-12-18(4)23(25(28)31)24(30)26-15-22(29)27-21-11-6-5-8-17(21)3/h5-14,16H,15H2,1-4H3,(H,26,30)(H,27,29). The zero-order valence-corrected chi connectivity index (χ0v) is 18.2. The van der Waals surface area contributed by atoms with Crippen molar-refractivity contribution in [1.29, 1.82) is 0 Å². The number of nitrogens with zero attached hydrogens (tertiary/aromatic N) is 1. The van der Waals surface area contributed by atoms with E-state index in [4.69, 9.17) is 0 Å². The highest BCUT2D eigenvalue weighted by Crippen LogP contribution is 2.18. The molecule has 0 fully saturated rings. The van der Waals surface area contributed by atoms with Crippen LogP contribution in [0.4, 0.5) is 5.69 Å². The number of rotatable bonds is 6. The van der Waals surface area contributed by atoms with Gasteiger partial charge in [-0.2, -0.15) is 0 Å². The van der Waals surface area contributed by atoms with Gasteiger partial charge in [0, 0.05) is 17.6 Å². The van der Waals surface area contributed by atoms with Crippen molar-refractivity contribution in [3.05, 3.63) is 93.4 Å². The van der Waals surface area contributed by atoms with E-state index in [0.717, 1.165) is 11.1 Å². The summed E-state index contributed by atoms with van der Waals surface area (Å²) >= 11 is 0. The van der Waals surface area contributed by atoms with Crippen molar-refractivity contribution in [2.75, 3.05) is 11.9 Å². The van der Waals surface area contributed by atoms with Gasteiger partial charge >= 0.3 is 0 Å². The van der Waals surface area contributed by atoms with Crippen LogP contribution in [-0.2, 0) is 4.79 Å². The molecule has 31 heavy (non-hydrogen) atoms. The maximum Gasteiger partial charge on any atom is 0.268 e. The van der Waals surface area contributed by atoms with E-state index in [-0.39, 0.29) is 18.0 Å². The minimum Gasteiger partial charge on any atom is -0.343 e. The number of benzene rings is 2. The number of anilines is 1. The number of nitrogens with one attached hydrogen (secondary N) is 2. The summed E-state index contributed by atoms with van der Waals surface area (Å²) in [5, 5.41) is 5.33. The first-order valence-electron chi connectivity index (χ1n) is 10.2. The van der Waals surface area contributed by atoms with Gasteiger partial charge in [-0.25, -0.2) is 0 Å². The van der Waals surface area contributed by atoms with Crippen LogP contribution in [0.5, 0.6) is 0 Å². The van der Waals surface area contributed by atoms with E-state index in [9.17, 15) is 14.4 Å². The van der Waals surface area contributed by atoms with Crippen molar-refractivity contribution < 1.29 is 9.59 Å². The topological polar surface area (TPSA) is 80.2 Å². The fraction of sp³-hybridized carbons (Fsp3) is 0.240. The molecular weight excluding hydrogens is 390 g/mol. The first-order valence-corrected chi connectivity index (χ1v) is 10.2. The first kappa shape index (κ1) is 22.0. The monoisotopic (exact) mass is 417 g/mol. The lowest BCUT2D eigenvalue weighted by molar-refractivity contribution is -0.115. The molecule has 3 aromatic rings. The number of hydrogen-bond acceptors (Lipinski definition) is 3. The first-order chi connectivity index (χ1) is 14.8. The Kier molecular flexibility index (Phi) is 6.70. The Hall–Kier alpha value is -3.67. The van der Waals surface area contributed by atoms with Crippen LogP contribution in [0.3, 0.4) is 0 Å². The number of aromatic nitrogens is 1. The van der Waals surface area contributed by atoms with E-state index in [1.54, 1.807) is 25.3 Å². The maximum atomic E-state index is 13.1. The van der Waals surface area contributed by atoms with Crippen molar-refractivity contribution in [3.63, 3.8) is 0 Å². The van der Waals surface area contributed by atoms with Gasteiger partial charge in [0.15, 0.2) is 0 Å². The van der Waals surface area contributed by atoms with Gasteiger partial charge in [0.25, 0.3) is 11.5 Å². The largest absolute Gasteiger partial charge is 0.343 e. The molecule has 1 heterocycles. The van der Waals surface area contributed by atoms with Crippen LogP contribution < -0.4 is 16.2 Å². The van der Waals surface area contributed by atoms with Crippen LogP contribution in [0, 0.1) is 13.8 Å². The molecule has 0 aliphatic rings. The fourth-order valence-electron chi connectivity index (χ4n) is 3.30. The lowest BCUT2D eigenvalue weighted by Gasteiger charge is -2.13. The SMILES string of the molecule is Cc1ccccc1NC(=O)CNC(=O)c1c(C)ccn(-c2cccc(C(C)C)c2)c1=O. The molecule has 0 unspecified atom stereocenters. The van der Waals surface area contributed by atoms with Crippen LogP contribution in [-0.4, -0.2) is 22.9 Å². The molecule has 0 saturated heterocycles. The lowest BCUT2D eigenvalue weighted by atomic mass is 10.0. The second kappa shape index (κ2) is 9.43. The van der Waals surface area contributed by atoms with Crippen molar-refractivity contribution in [2.24, 2.45) is 0 Å². The second-order valence-electron chi connectivity index (χ2n) is 7.84. The van der Waals surface area contributed by atoms with Gasteiger partial charge in [-0.05, 0) is 60.7 Å². The number of amides is 2. The summed E-state index contributed by atoms with van der Waals surface area (Å²) in [5.41, 5.74) is 3.57. The zero-order chi connectivity index (χ0) is 22.5. The lowest BCUT2D eigenvalue weighted by Crippen LogP contribution is -2.37. The molecule has 0 aliphatic heterocycles. The van der Waals surface area contributed by atoms with Crippen molar-refractivity contribution in [2.45, 2.75) is 33.6 Å². The van der Waals surface area contributed by atoms with Gasteiger partial charge in [0.1, 0.15) is 5.56 Å². The third kappa shape index (κ3) is 5.09. The van der Waals surface area contributed by atoms with Gasteiger partial charge < -0.3 is 10.6 Å². The molecule has 6 nitrogen and oxygen atoms in total. The number of carbonyl (C=O) groups is 2. The Labute approximate surface area is 181 Å². The number of hydrogen-bond donors (Lipinski definition) is 2. The summed E-state index contributed by atoms with van der Waals surface area (Å²) in [4.78, 5) is 38.1. The molecular formula is C25H27N3O3. The average Bonchev–Trinajstić information content (AvgIpc) is 2.74. The molecule has 3 rings (SSSR count). The normalized spacial score (nSPS) is 10.7. The molecule has 0 atom stereocenters. The molecule has 1 aromatic heterocycles. The van der Waals surface area contributed by atoms with Crippen LogP contribution in [0.25, 0.3) is 5.69 Å². The molecule has 2 aromatic carbocycles. The number of aryl methyl sites for hydroxylation is 2. The number of pyridine rings is 1. The third-order valence-electron chi connectivity index (χ3n) is 5.17. The highest BCUT2D eigenvalue weighted by atomic mass is 16.2. The molecule has 0 aliphatic carbocycles. The van der Waals surface area contributed by atoms with Gasteiger partial charge in [-0.15, -0.1) is 0 Å². The van der Waals surface area contributed by atoms with Crippen LogP contribution in [0.2, 0.25) is 0 Å². The Bertz CT molecular complexity index is 1180. The smallest absolute Gasteiger partial charge is 0.268 e. The summed E-state index contributed by atoms with van der Waals surface area (Å²) in [5.74, 6) is -0.617. The Morgan fingerprint density at radius 1 is 0.968 bits per heavy atom. The van der Waals surface area contributed by atoms with Crippen LogP contribution in [0.15, 0.2) is 65.6 Å². The minimum absolute atomic E-state index is 0.0288. The van der Waals surface area contributed by atoms with Gasteiger partial charge in [0.05, 0.1) is 6.54 Å². The van der Waals surface area contributed by atoms with E-state index in [0.29, 0.717) is 22.9 Å². The number of carbonyl (C=O) groups excluding carboxylic acids is 2. The average molecular weight is 418 g/mol. The van der Waals surface area contributed by atoms with Gasteiger partial charge in [-0.3, -0.25) is 19.0 Å². The van der Waals surface area contributed by atoms with E-state index in [1.165, 1.54) is 4.57 Å². The highest BCUT2D eigenvalue weighted by Gasteiger charge is 2.17. The molecule has 6 heteroatoms. The van der Waals surface area contributed by atoms with Crippen LogP contribution in [0.1, 0.15) is 46.8 Å². The molecule has 160 valence electrons. The summed E-state index contributed by atoms with van der Waals surface area (Å²) in [6, 6.07) is 16.8. The predicted octanol–water partition coefficient (Wildman–Crippen LogP) is 3.95. The van der Waals surface area contributed by atoms with E-state index < -0.39 is 11.5 Å². The predicted molar refractivity (Wildman–Crippen MR) is 123 cm³/mol. The molecule has 2 N–H and O–H groups in total. The summed E-state index contributed by atoms with van der Waals surface area (Å²) in [6.45, 7) is 7.52. The minimum atomic E-state index is -0.572. The molecule has 2 amide bonds. The fourth-order valence-corrected chi connectivity index (χ4v) is 3.30. The van der Waals surface area contributed by atoms with E-state index >= 15 is 0 Å². The molecule has 0 spiro atoms. The quantitative estimate of drug-likeness (QED) is 0.637. The van der Waals surface area contributed by atoms with Gasteiger partial charge in [-0.1, -0.05) is 44.2 Å². The molecule has 0 bridgehead atoms. The molecule has 0 saturated carbocycles. The second-order valence-corrected chi connectivity index (χ2v) is 7.84. The van der Waals surface area contributed by atoms with Crippen molar-refractivity contribution >= 4 is 17.5 Å². The van der Waals surface area contributed by atoms with E-state index in [2.05, 4.69) is 24.5 Å².